The van der Waals surface area contributed by atoms with Crippen molar-refractivity contribution in [2.24, 2.45) is 17.6 Å². The molecule has 0 aliphatic heterocycles. The van der Waals surface area contributed by atoms with Gasteiger partial charge in [-0.05, 0) is 44.4 Å². The van der Waals surface area contributed by atoms with E-state index in [0.29, 0.717) is 25.0 Å². The van der Waals surface area contributed by atoms with Crippen LogP contribution >= 0.6 is 0 Å². The van der Waals surface area contributed by atoms with E-state index in [0.717, 1.165) is 25.7 Å². The van der Waals surface area contributed by atoms with Gasteiger partial charge in [-0.3, -0.25) is 19.4 Å². The summed E-state index contributed by atoms with van der Waals surface area (Å²) < 4.78 is 12.7. The highest BCUT2D eigenvalue weighted by molar-refractivity contribution is 5.75. The molecule has 248 valence electrons. The molecule has 0 bridgehead atoms. The summed E-state index contributed by atoms with van der Waals surface area (Å²) in [6, 6.07) is -0.728. The van der Waals surface area contributed by atoms with Crippen LogP contribution in [0.1, 0.15) is 117 Å². The van der Waals surface area contributed by atoms with E-state index in [2.05, 4.69) is 34.0 Å². The third-order valence-electron chi connectivity index (χ3n) is 7.83. The Hall–Kier alpha value is -3.21. The van der Waals surface area contributed by atoms with Crippen LogP contribution in [0.5, 0.6) is 0 Å². The Labute approximate surface area is 262 Å². The topological polar surface area (TPSA) is 168 Å². The van der Waals surface area contributed by atoms with Crippen molar-refractivity contribution >= 4 is 29.1 Å². The van der Waals surface area contributed by atoms with Crippen molar-refractivity contribution < 1.29 is 19.1 Å². The van der Waals surface area contributed by atoms with Crippen LogP contribution in [-0.4, -0.2) is 50.7 Å². The molecule has 0 aromatic carbocycles. The number of allylic oxidation sites excluding steroid dienone is 2. The summed E-state index contributed by atoms with van der Waals surface area (Å²) in [6.45, 7) is 6.55. The molecule has 2 rings (SSSR count). The van der Waals surface area contributed by atoms with Crippen molar-refractivity contribution in [1.29, 1.82) is 0 Å². The summed E-state index contributed by atoms with van der Waals surface area (Å²) in [4.78, 5) is 47.6. The van der Waals surface area contributed by atoms with E-state index in [9.17, 15) is 14.4 Å². The van der Waals surface area contributed by atoms with Crippen LogP contribution in [-0.2, 0) is 25.6 Å². The summed E-state index contributed by atoms with van der Waals surface area (Å²) in [6.07, 6.45) is 22.6. The van der Waals surface area contributed by atoms with Crippen molar-refractivity contribution in [3.63, 3.8) is 0 Å². The predicted octanol–water partition coefficient (Wildman–Crippen LogP) is 5.82. The molecule has 0 aliphatic carbocycles. The fourth-order valence-electron chi connectivity index (χ4n) is 4.93. The van der Waals surface area contributed by atoms with Gasteiger partial charge in [-0.15, -0.1) is 0 Å². The average Bonchev–Trinajstić information content (AvgIpc) is 3.39. The predicted molar refractivity (Wildman–Crippen MR) is 175 cm³/mol. The van der Waals surface area contributed by atoms with Crippen LogP contribution in [0.15, 0.2) is 23.3 Å². The van der Waals surface area contributed by atoms with Crippen LogP contribution < -0.4 is 17.0 Å². The summed E-state index contributed by atoms with van der Waals surface area (Å²) in [7, 11) is 0. The van der Waals surface area contributed by atoms with E-state index in [-0.39, 0.29) is 42.5 Å². The second kappa shape index (κ2) is 21.5. The molecule has 44 heavy (non-hydrogen) atoms. The minimum atomic E-state index is -0.728. The second-order valence-electron chi connectivity index (χ2n) is 12.1. The maximum absolute atomic E-state index is 12.4. The number of imidazole rings is 1. The largest absolute Gasteiger partial charge is 0.466 e. The number of carbonyl (C=O) groups is 2. The molecule has 5 N–H and O–H groups in total. The Kier molecular flexibility index (Phi) is 18.1. The maximum Gasteiger partial charge on any atom is 0.323 e. The number of aromatic amines is 1. The van der Waals surface area contributed by atoms with E-state index in [4.69, 9.17) is 20.9 Å². The minimum Gasteiger partial charge on any atom is -0.466 e. The lowest BCUT2D eigenvalue weighted by molar-refractivity contribution is -0.149. The van der Waals surface area contributed by atoms with Gasteiger partial charge in [0.05, 0.1) is 19.5 Å². The van der Waals surface area contributed by atoms with Crippen LogP contribution in [0.25, 0.3) is 11.2 Å². The van der Waals surface area contributed by atoms with E-state index in [1.165, 1.54) is 64.1 Å². The quantitative estimate of drug-likeness (QED) is 0.0748. The van der Waals surface area contributed by atoms with Crippen molar-refractivity contribution in [3.8, 4) is 0 Å². The lowest BCUT2D eigenvalue weighted by atomic mass is 10.1. The summed E-state index contributed by atoms with van der Waals surface area (Å²) in [5, 5.41) is 0. The Morgan fingerprint density at radius 2 is 1.61 bits per heavy atom. The molecule has 2 heterocycles. The molecule has 0 spiro atoms. The van der Waals surface area contributed by atoms with E-state index in [1.54, 1.807) is 4.57 Å². The van der Waals surface area contributed by atoms with Crippen LogP contribution in [0, 0.1) is 11.8 Å². The molecule has 2 aromatic rings. The van der Waals surface area contributed by atoms with Gasteiger partial charge in [-0.1, -0.05) is 84.3 Å². The first-order chi connectivity index (χ1) is 21.2. The number of aromatic nitrogens is 4. The van der Waals surface area contributed by atoms with Crippen molar-refractivity contribution in [2.45, 2.75) is 130 Å². The number of anilines is 1. The molecule has 0 saturated carbocycles. The standard InChI is InChI=1S/C33H56N6O5/c1-4-5-6-7-8-9-10-11-12-13-14-15-16-17-18-19-27(40)43-21-20-26(23-44-32(42)28(34)25(2)3)22-39-24-36-29-30(39)37-33(35)38-31(29)41/h11-12,24-26,28H,4-10,13-23,34H2,1-3H3,(H3,35,37,38,41)/b12-11+/t26-,28+/m1/s1. The lowest BCUT2D eigenvalue weighted by Gasteiger charge is -2.20. The van der Waals surface area contributed by atoms with Gasteiger partial charge in [0.25, 0.3) is 5.56 Å². The average molecular weight is 617 g/mol. The van der Waals surface area contributed by atoms with E-state index < -0.39 is 17.6 Å². The first-order valence-electron chi connectivity index (χ1n) is 16.7. The number of nitrogen functional groups attached to an aromatic ring is 1. The minimum absolute atomic E-state index is 0.0142. The molecule has 0 aliphatic rings. The first-order valence-corrected chi connectivity index (χ1v) is 16.7. The number of hydrogen-bond acceptors (Lipinski definition) is 9. The van der Waals surface area contributed by atoms with Gasteiger partial charge < -0.3 is 25.5 Å². The summed E-state index contributed by atoms with van der Waals surface area (Å²) in [5.74, 6) is -1.02. The Balaban J connectivity index is 1.68. The van der Waals surface area contributed by atoms with Gasteiger partial charge in [0.2, 0.25) is 5.95 Å². The van der Waals surface area contributed by atoms with E-state index >= 15 is 0 Å². The number of nitrogens with two attached hydrogens (primary N) is 2. The third kappa shape index (κ3) is 14.5. The van der Waals surface area contributed by atoms with Gasteiger partial charge in [0, 0.05) is 18.9 Å². The fraction of sp³-hybridized carbons (Fsp3) is 0.727. The number of ether oxygens (including phenoxy) is 2. The molecule has 0 radical (unpaired) electrons. The van der Waals surface area contributed by atoms with Crippen molar-refractivity contribution in [2.75, 3.05) is 18.9 Å². The Morgan fingerprint density at radius 3 is 2.27 bits per heavy atom. The molecular weight excluding hydrogens is 560 g/mol. The molecule has 0 amide bonds. The first kappa shape index (κ1) is 37.0. The Bertz CT molecular complexity index is 1190. The van der Waals surface area contributed by atoms with E-state index in [1.807, 2.05) is 13.8 Å². The third-order valence-corrected chi connectivity index (χ3v) is 7.83. The number of hydrogen-bond donors (Lipinski definition) is 3. The highest BCUT2D eigenvalue weighted by Gasteiger charge is 2.22. The lowest BCUT2D eigenvalue weighted by Crippen LogP contribution is -2.38. The number of H-pyrrole nitrogens is 1. The van der Waals surface area contributed by atoms with Gasteiger partial charge in [-0.2, -0.15) is 4.98 Å². The van der Waals surface area contributed by atoms with Crippen molar-refractivity contribution in [1.82, 2.24) is 19.5 Å². The number of nitrogens with zero attached hydrogens (tertiary/aromatic N) is 3. The number of esters is 2. The monoisotopic (exact) mass is 616 g/mol. The summed E-state index contributed by atoms with van der Waals surface area (Å²) in [5.41, 5.74) is 11.7. The van der Waals surface area contributed by atoms with Crippen LogP contribution in [0.3, 0.4) is 0 Å². The number of carbonyl (C=O) groups excluding carboxylic acids is 2. The zero-order valence-electron chi connectivity index (χ0n) is 27.2. The second-order valence-corrected chi connectivity index (χ2v) is 12.1. The molecule has 11 nitrogen and oxygen atoms in total. The molecule has 0 fully saturated rings. The smallest absolute Gasteiger partial charge is 0.323 e. The fourth-order valence-corrected chi connectivity index (χ4v) is 4.93. The van der Waals surface area contributed by atoms with Gasteiger partial charge in [0.1, 0.15) is 6.04 Å². The summed E-state index contributed by atoms with van der Waals surface area (Å²) >= 11 is 0. The zero-order chi connectivity index (χ0) is 32.2. The Morgan fingerprint density at radius 1 is 0.977 bits per heavy atom. The zero-order valence-corrected chi connectivity index (χ0v) is 27.2. The number of unbranched alkanes of at least 4 members (excludes halogenated alkanes) is 11. The highest BCUT2D eigenvalue weighted by atomic mass is 16.5. The molecule has 0 unspecified atom stereocenters. The van der Waals surface area contributed by atoms with Crippen LogP contribution in [0.2, 0.25) is 0 Å². The highest BCUT2D eigenvalue weighted by Crippen LogP contribution is 2.15. The van der Waals surface area contributed by atoms with Crippen LogP contribution in [0.4, 0.5) is 5.95 Å². The normalized spacial score (nSPS) is 13.1. The van der Waals surface area contributed by atoms with Gasteiger partial charge in [0.15, 0.2) is 11.2 Å². The van der Waals surface area contributed by atoms with Crippen molar-refractivity contribution in [3.05, 3.63) is 28.8 Å². The maximum atomic E-state index is 12.4. The molecule has 2 atom stereocenters. The number of rotatable bonds is 24. The molecule has 2 aromatic heterocycles. The number of nitrogens with one attached hydrogen (secondary N) is 1. The van der Waals surface area contributed by atoms with Gasteiger partial charge >= 0.3 is 11.9 Å². The molecule has 0 saturated heterocycles. The number of fused-ring (bicyclic) bond motifs is 1. The van der Waals surface area contributed by atoms with Gasteiger partial charge in [-0.25, -0.2) is 4.98 Å². The molecular formula is C33H56N6O5. The SMILES string of the molecule is CCCCCCCC/C=C/CCCCCCCC(=O)OCC[C@@H](COC(=O)[C@@H](N)C(C)C)Cn1cnc2c(=O)[nH]c(N)nc21. The molecule has 11 heteroatoms.